The number of carbonyl (C=O) groups is 1. The van der Waals surface area contributed by atoms with E-state index in [0.717, 1.165) is 25.1 Å². The van der Waals surface area contributed by atoms with Crippen LogP contribution >= 0.6 is 0 Å². The first-order valence-electron chi connectivity index (χ1n) is 7.75. The molecule has 0 saturated carbocycles. The van der Waals surface area contributed by atoms with Crippen molar-refractivity contribution in [1.82, 2.24) is 4.90 Å². The van der Waals surface area contributed by atoms with Crippen LogP contribution in [0.15, 0.2) is 24.3 Å². The lowest BCUT2D eigenvalue weighted by molar-refractivity contribution is -0.117. The summed E-state index contributed by atoms with van der Waals surface area (Å²) in [6.07, 6.45) is 1.88. The molecule has 0 aliphatic carbocycles. The van der Waals surface area contributed by atoms with E-state index in [4.69, 9.17) is 5.73 Å². The summed E-state index contributed by atoms with van der Waals surface area (Å²) >= 11 is 0. The average Bonchev–Trinajstić information content (AvgIpc) is 2.44. The first kappa shape index (κ1) is 17.7. The van der Waals surface area contributed by atoms with Crippen molar-refractivity contribution in [2.75, 3.05) is 25.5 Å². The number of carbonyl (C=O) groups excluding carboxylic acids is 1. The molecule has 21 heavy (non-hydrogen) atoms. The number of benzene rings is 1. The topological polar surface area (TPSA) is 58.4 Å². The number of nitrogens with one attached hydrogen (secondary N) is 1. The number of nitrogens with two attached hydrogens (primary N) is 1. The molecule has 1 aromatic rings. The molecule has 0 spiro atoms. The number of rotatable bonds is 8. The third-order valence-corrected chi connectivity index (χ3v) is 3.73. The Labute approximate surface area is 128 Å². The first-order valence-corrected chi connectivity index (χ1v) is 7.75. The van der Waals surface area contributed by atoms with Gasteiger partial charge in [-0.05, 0) is 50.0 Å². The van der Waals surface area contributed by atoms with Gasteiger partial charge in [-0.25, -0.2) is 0 Å². The normalized spacial score (nSPS) is 12.7. The Morgan fingerprint density at radius 3 is 2.71 bits per heavy atom. The van der Waals surface area contributed by atoms with Gasteiger partial charge >= 0.3 is 0 Å². The molecule has 1 atom stereocenters. The Balaban J connectivity index is 2.38. The maximum Gasteiger partial charge on any atom is 0.238 e. The van der Waals surface area contributed by atoms with Crippen LogP contribution in [0.1, 0.15) is 32.8 Å². The summed E-state index contributed by atoms with van der Waals surface area (Å²) in [6, 6.07) is 8.17. The van der Waals surface area contributed by atoms with Gasteiger partial charge in [-0.1, -0.05) is 32.9 Å². The number of hydrogen-bond acceptors (Lipinski definition) is 3. The summed E-state index contributed by atoms with van der Waals surface area (Å²) < 4.78 is 0. The zero-order valence-electron chi connectivity index (χ0n) is 13.7. The molecule has 0 radical (unpaired) electrons. The van der Waals surface area contributed by atoms with E-state index in [1.165, 1.54) is 5.56 Å². The highest BCUT2D eigenvalue weighted by Gasteiger charge is 2.11. The van der Waals surface area contributed by atoms with Crippen molar-refractivity contribution in [2.24, 2.45) is 11.7 Å². The Kier molecular flexibility index (Phi) is 7.40. The van der Waals surface area contributed by atoms with Gasteiger partial charge in [0.1, 0.15) is 0 Å². The predicted molar refractivity (Wildman–Crippen MR) is 89.4 cm³/mol. The summed E-state index contributed by atoms with van der Waals surface area (Å²) in [4.78, 5) is 14.0. The molecule has 0 aliphatic heterocycles. The summed E-state index contributed by atoms with van der Waals surface area (Å²) in [7, 11) is 1.95. The predicted octanol–water partition coefficient (Wildman–Crippen LogP) is 2.49. The monoisotopic (exact) mass is 291 g/mol. The maximum atomic E-state index is 12.0. The molecule has 118 valence electrons. The molecule has 0 aliphatic rings. The summed E-state index contributed by atoms with van der Waals surface area (Å²) in [5, 5.41) is 2.95. The van der Waals surface area contributed by atoms with Gasteiger partial charge in [0.25, 0.3) is 0 Å². The average molecular weight is 291 g/mol. The molecule has 4 heteroatoms. The highest BCUT2D eigenvalue weighted by molar-refractivity contribution is 5.92. The molecule has 1 rings (SSSR count). The van der Waals surface area contributed by atoms with E-state index in [-0.39, 0.29) is 11.9 Å². The molecule has 4 nitrogen and oxygen atoms in total. The summed E-state index contributed by atoms with van der Waals surface area (Å²) in [5.74, 6) is 0.493. The molecule has 3 N–H and O–H groups in total. The van der Waals surface area contributed by atoms with Gasteiger partial charge in [0.05, 0.1) is 6.54 Å². The van der Waals surface area contributed by atoms with Crippen LogP contribution in [-0.2, 0) is 11.2 Å². The lowest BCUT2D eigenvalue weighted by Crippen LogP contribution is -2.35. The quantitative estimate of drug-likeness (QED) is 0.773. The molecule has 0 bridgehead atoms. The molecule has 1 amide bonds. The van der Waals surface area contributed by atoms with Crippen molar-refractivity contribution in [2.45, 2.75) is 39.7 Å². The minimum absolute atomic E-state index is 0.0175. The van der Waals surface area contributed by atoms with Crippen molar-refractivity contribution >= 4 is 11.6 Å². The van der Waals surface area contributed by atoms with Crippen LogP contribution in [0.4, 0.5) is 5.69 Å². The van der Waals surface area contributed by atoms with Crippen LogP contribution < -0.4 is 11.1 Å². The van der Waals surface area contributed by atoms with Gasteiger partial charge < -0.3 is 11.1 Å². The van der Waals surface area contributed by atoms with Crippen LogP contribution in [0.3, 0.4) is 0 Å². The molecule has 1 unspecified atom stereocenters. The summed E-state index contributed by atoms with van der Waals surface area (Å²) in [6.45, 7) is 7.58. The van der Waals surface area contributed by atoms with Gasteiger partial charge in [-0.2, -0.15) is 0 Å². The third-order valence-electron chi connectivity index (χ3n) is 3.73. The number of likely N-dealkylation sites (N-methyl/N-ethyl adjacent to an activating group) is 1. The van der Waals surface area contributed by atoms with E-state index in [1.54, 1.807) is 0 Å². The fourth-order valence-electron chi connectivity index (χ4n) is 2.10. The van der Waals surface area contributed by atoms with E-state index >= 15 is 0 Å². The van der Waals surface area contributed by atoms with Crippen molar-refractivity contribution in [3.05, 3.63) is 29.8 Å². The van der Waals surface area contributed by atoms with Gasteiger partial charge in [0, 0.05) is 11.7 Å². The Morgan fingerprint density at radius 1 is 1.38 bits per heavy atom. The van der Waals surface area contributed by atoms with Crippen LogP contribution in [0, 0.1) is 5.92 Å². The van der Waals surface area contributed by atoms with Crippen LogP contribution in [-0.4, -0.2) is 37.0 Å². The second kappa shape index (κ2) is 8.80. The number of hydrogen-bond donors (Lipinski definition) is 2. The number of anilines is 1. The van der Waals surface area contributed by atoms with Gasteiger partial charge in [0.2, 0.25) is 5.91 Å². The van der Waals surface area contributed by atoms with Gasteiger partial charge in [-0.15, -0.1) is 0 Å². The minimum Gasteiger partial charge on any atom is -0.327 e. The number of nitrogens with zero attached hydrogens (tertiary/aromatic N) is 1. The maximum absolute atomic E-state index is 12.0. The standard InChI is InChI=1S/C17H29N3O/c1-5-14-7-6-8-15(11-14)19-17(21)12-20(4)10-9-16(18)13(2)3/h6-8,11,13,16H,5,9-10,12,18H2,1-4H3,(H,19,21). The summed E-state index contributed by atoms with van der Waals surface area (Å²) in [5.41, 5.74) is 8.12. The van der Waals surface area contributed by atoms with Crippen LogP contribution in [0.2, 0.25) is 0 Å². The number of aryl methyl sites for hydroxylation is 1. The zero-order valence-corrected chi connectivity index (χ0v) is 13.7. The molecule has 0 heterocycles. The largest absolute Gasteiger partial charge is 0.327 e. The van der Waals surface area contributed by atoms with Crippen molar-refractivity contribution in [3.8, 4) is 0 Å². The first-order chi connectivity index (χ1) is 9.92. The zero-order chi connectivity index (χ0) is 15.8. The second-order valence-electron chi connectivity index (χ2n) is 6.04. The van der Waals surface area contributed by atoms with E-state index in [0.29, 0.717) is 12.5 Å². The molecule has 0 saturated heterocycles. The third kappa shape index (κ3) is 6.74. The second-order valence-corrected chi connectivity index (χ2v) is 6.04. The molecular weight excluding hydrogens is 262 g/mol. The van der Waals surface area contributed by atoms with E-state index in [9.17, 15) is 4.79 Å². The molecule has 1 aromatic carbocycles. The van der Waals surface area contributed by atoms with Crippen LogP contribution in [0.25, 0.3) is 0 Å². The van der Waals surface area contributed by atoms with E-state index in [2.05, 4.69) is 32.2 Å². The molecule has 0 aromatic heterocycles. The minimum atomic E-state index is 0.0175. The Hall–Kier alpha value is -1.39. The Bertz CT molecular complexity index is 445. The highest BCUT2D eigenvalue weighted by atomic mass is 16.2. The molecule has 0 fully saturated rings. The lowest BCUT2D eigenvalue weighted by Gasteiger charge is -2.21. The SMILES string of the molecule is CCc1cccc(NC(=O)CN(C)CCC(N)C(C)C)c1. The van der Waals surface area contributed by atoms with Crippen molar-refractivity contribution in [1.29, 1.82) is 0 Å². The fourth-order valence-corrected chi connectivity index (χ4v) is 2.10. The lowest BCUT2D eigenvalue weighted by atomic mass is 10.0. The van der Waals surface area contributed by atoms with Gasteiger partial charge in [0.15, 0.2) is 0 Å². The van der Waals surface area contributed by atoms with E-state index in [1.807, 2.05) is 30.1 Å². The molecular formula is C17H29N3O. The van der Waals surface area contributed by atoms with Crippen molar-refractivity contribution < 1.29 is 4.79 Å². The number of amides is 1. The van der Waals surface area contributed by atoms with Gasteiger partial charge in [-0.3, -0.25) is 9.69 Å². The smallest absolute Gasteiger partial charge is 0.238 e. The Morgan fingerprint density at radius 2 is 2.10 bits per heavy atom. The van der Waals surface area contributed by atoms with Crippen molar-refractivity contribution in [3.63, 3.8) is 0 Å². The fraction of sp³-hybridized carbons (Fsp3) is 0.588. The van der Waals surface area contributed by atoms with E-state index < -0.39 is 0 Å². The highest BCUT2D eigenvalue weighted by Crippen LogP contribution is 2.11. The van der Waals surface area contributed by atoms with Crippen LogP contribution in [0.5, 0.6) is 0 Å².